The molecule has 0 aliphatic carbocycles. The number of hydrogen-bond donors (Lipinski definition) is 1. The van der Waals surface area contributed by atoms with Crippen molar-refractivity contribution in [3.8, 4) is 0 Å². The quantitative estimate of drug-likeness (QED) is 0.848. The van der Waals surface area contributed by atoms with Gasteiger partial charge in [-0.2, -0.15) is 5.10 Å². The molecule has 0 spiro atoms. The van der Waals surface area contributed by atoms with Gasteiger partial charge < -0.3 is 5.43 Å². The van der Waals surface area contributed by atoms with Gasteiger partial charge in [0.1, 0.15) is 5.15 Å². The van der Waals surface area contributed by atoms with Gasteiger partial charge in [0.25, 0.3) is 0 Å². The normalized spacial score (nSPS) is 21.0. The van der Waals surface area contributed by atoms with E-state index >= 15 is 0 Å². The Hall–Kier alpha value is -1.58. The van der Waals surface area contributed by atoms with Gasteiger partial charge in [-0.1, -0.05) is 48.3 Å². The lowest BCUT2D eigenvalue weighted by molar-refractivity contribution is 0.485. The monoisotopic (exact) mass is 319 g/mol. The van der Waals surface area contributed by atoms with E-state index < -0.39 is 0 Å². The Bertz CT molecular complexity index is 650. The van der Waals surface area contributed by atoms with Crippen LogP contribution in [0.3, 0.4) is 0 Å². The van der Waals surface area contributed by atoms with Gasteiger partial charge in [0.2, 0.25) is 0 Å². The molecule has 0 amide bonds. The average molecular weight is 320 g/mol. The zero-order valence-corrected chi connectivity index (χ0v) is 13.1. The van der Waals surface area contributed by atoms with E-state index in [4.69, 9.17) is 23.2 Å². The van der Waals surface area contributed by atoms with Gasteiger partial charge in [-0.3, -0.25) is 0 Å². The van der Waals surface area contributed by atoms with E-state index in [9.17, 15) is 0 Å². The molecule has 2 heterocycles. The fraction of sp³-hybridized carbons (Fsp3) is 0.250. The van der Waals surface area contributed by atoms with Crippen molar-refractivity contribution < 1.29 is 0 Å². The van der Waals surface area contributed by atoms with Crippen LogP contribution < -0.4 is 5.43 Å². The van der Waals surface area contributed by atoms with Gasteiger partial charge in [0.15, 0.2) is 0 Å². The van der Waals surface area contributed by atoms with Crippen molar-refractivity contribution in [3.05, 3.63) is 63.9 Å². The van der Waals surface area contributed by atoms with Gasteiger partial charge in [-0.05, 0) is 35.7 Å². The molecular weight excluding hydrogens is 305 g/mol. The Balaban J connectivity index is 1.88. The van der Waals surface area contributed by atoms with Crippen LogP contribution in [0.25, 0.3) is 0 Å². The molecule has 5 heteroatoms. The summed E-state index contributed by atoms with van der Waals surface area (Å²) in [7, 11) is 0. The van der Waals surface area contributed by atoms with Gasteiger partial charge in [-0.25, -0.2) is 4.98 Å². The first-order chi connectivity index (χ1) is 10.2. The second-order valence-corrected chi connectivity index (χ2v) is 5.86. The molecule has 0 fully saturated rings. The fourth-order valence-corrected chi connectivity index (χ4v) is 2.91. The summed E-state index contributed by atoms with van der Waals surface area (Å²) in [6.07, 6.45) is 2.80. The maximum absolute atomic E-state index is 5.95. The number of pyridine rings is 1. The van der Waals surface area contributed by atoms with Crippen molar-refractivity contribution in [1.29, 1.82) is 0 Å². The maximum atomic E-state index is 5.95. The highest BCUT2D eigenvalue weighted by Crippen LogP contribution is 2.32. The van der Waals surface area contributed by atoms with Crippen molar-refractivity contribution in [1.82, 2.24) is 10.4 Å². The molecule has 3 nitrogen and oxygen atoms in total. The summed E-state index contributed by atoms with van der Waals surface area (Å²) in [5, 5.41) is 5.77. The predicted molar refractivity (Wildman–Crippen MR) is 86.9 cm³/mol. The highest BCUT2D eigenvalue weighted by Gasteiger charge is 2.32. The van der Waals surface area contributed by atoms with E-state index in [0.717, 1.165) is 28.3 Å². The Kier molecular flexibility index (Phi) is 4.13. The second-order valence-electron chi connectivity index (χ2n) is 5.04. The molecule has 0 bridgehead atoms. The van der Waals surface area contributed by atoms with Crippen LogP contribution in [0.1, 0.15) is 30.5 Å². The van der Waals surface area contributed by atoms with Crippen molar-refractivity contribution >= 4 is 28.9 Å². The highest BCUT2D eigenvalue weighted by molar-refractivity contribution is 6.30. The van der Waals surface area contributed by atoms with E-state index in [1.54, 1.807) is 0 Å². The number of benzene rings is 1. The Morgan fingerprint density at radius 3 is 2.48 bits per heavy atom. The molecule has 2 aromatic rings. The minimum Gasteiger partial charge on any atom is -0.302 e. The first-order valence-corrected chi connectivity index (χ1v) is 7.65. The molecular formula is C16H15Cl2N3. The largest absolute Gasteiger partial charge is 0.302 e. The molecule has 1 N–H and O–H groups in total. The lowest BCUT2D eigenvalue weighted by Crippen LogP contribution is -2.21. The molecule has 1 aliphatic heterocycles. The summed E-state index contributed by atoms with van der Waals surface area (Å²) in [5.41, 5.74) is 6.49. The van der Waals surface area contributed by atoms with Crippen molar-refractivity contribution in [2.24, 2.45) is 11.0 Å². The van der Waals surface area contributed by atoms with Gasteiger partial charge in [0, 0.05) is 17.1 Å². The molecule has 1 aromatic heterocycles. The number of aromatic nitrogens is 1. The van der Waals surface area contributed by atoms with Crippen molar-refractivity contribution in [2.45, 2.75) is 19.4 Å². The molecule has 0 radical (unpaired) electrons. The van der Waals surface area contributed by atoms with Gasteiger partial charge in [-0.15, -0.1) is 0 Å². The third-order valence-corrected chi connectivity index (χ3v) is 4.24. The number of nitrogens with one attached hydrogen (secondary N) is 1. The zero-order chi connectivity index (χ0) is 14.8. The summed E-state index contributed by atoms with van der Waals surface area (Å²) in [6, 6.07) is 11.7. The summed E-state index contributed by atoms with van der Waals surface area (Å²) < 4.78 is 0. The average Bonchev–Trinajstić information content (AvgIpc) is 2.92. The molecule has 0 saturated heterocycles. The molecule has 3 rings (SSSR count). The summed E-state index contributed by atoms with van der Waals surface area (Å²) in [5.74, 6) is 0.300. The van der Waals surface area contributed by atoms with Crippen LogP contribution in [-0.4, -0.2) is 10.7 Å². The molecule has 2 unspecified atom stereocenters. The second kappa shape index (κ2) is 6.04. The lowest BCUT2D eigenvalue weighted by atomic mass is 9.86. The third kappa shape index (κ3) is 2.89. The molecule has 0 saturated carbocycles. The van der Waals surface area contributed by atoms with Crippen molar-refractivity contribution in [2.75, 3.05) is 0 Å². The first kappa shape index (κ1) is 14.4. The number of halogens is 2. The number of nitrogens with zero attached hydrogens (tertiary/aromatic N) is 2. The number of rotatable bonds is 3. The van der Waals surface area contributed by atoms with E-state index in [0.29, 0.717) is 11.1 Å². The van der Waals surface area contributed by atoms with E-state index in [2.05, 4.69) is 22.4 Å². The molecule has 2 atom stereocenters. The number of hydrazone groups is 1. The highest BCUT2D eigenvalue weighted by atomic mass is 35.5. The molecule has 1 aromatic carbocycles. The van der Waals surface area contributed by atoms with E-state index in [-0.39, 0.29) is 6.04 Å². The lowest BCUT2D eigenvalue weighted by Gasteiger charge is -2.19. The van der Waals surface area contributed by atoms with Gasteiger partial charge in [0.05, 0.1) is 11.8 Å². The van der Waals surface area contributed by atoms with Crippen molar-refractivity contribution in [3.63, 3.8) is 0 Å². The Morgan fingerprint density at radius 2 is 1.86 bits per heavy atom. The summed E-state index contributed by atoms with van der Waals surface area (Å²) in [4.78, 5) is 4.16. The molecule has 108 valence electrons. The van der Waals surface area contributed by atoms with Gasteiger partial charge >= 0.3 is 0 Å². The van der Waals surface area contributed by atoms with Crippen LogP contribution in [0, 0.1) is 5.92 Å². The SMILES string of the molecule is CCC1C(c2ccc(Cl)cc2)=NNC1c1ccc(Cl)nc1. The van der Waals surface area contributed by atoms with Crippen LogP contribution in [0.4, 0.5) is 0 Å². The summed E-state index contributed by atoms with van der Waals surface area (Å²) >= 11 is 11.8. The number of hydrogen-bond acceptors (Lipinski definition) is 3. The molecule has 21 heavy (non-hydrogen) atoms. The third-order valence-electron chi connectivity index (χ3n) is 3.77. The van der Waals surface area contributed by atoms with E-state index in [1.807, 2.05) is 42.6 Å². The standard InChI is InChI=1S/C16H15Cl2N3/c1-2-13-15(10-3-6-12(17)7-4-10)20-21-16(13)11-5-8-14(18)19-9-11/h3-9,13,16,21H,2H2,1H3. The fourth-order valence-electron chi connectivity index (χ4n) is 2.68. The van der Waals surface area contributed by atoms with Crippen LogP contribution >= 0.6 is 23.2 Å². The first-order valence-electron chi connectivity index (χ1n) is 6.89. The van der Waals surface area contributed by atoms with E-state index in [1.165, 1.54) is 0 Å². The van der Waals surface area contributed by atoms with Crippen LogP contribution in [0.5, 0.6) is 0 Å². The minimum absolute atomic E-state index is 0.130. The predicted octanol–water partition coefficient (Wildman–Crippen LogP) is 4.46. The zero-order valence-electron chi connectivity index (χ0n) is 11.6. The minimum atomic E-state index is 0.130. The Labute approximate surface area is 134 Å². The topological polar surface area (TPSA) is 37.3 Å². The Morgan fingerprint density at radius 1 is 1.10 bits per heavy atom. The summed E-state index contributed by atoms with van der Waals surface area (Å²) in [6.45, 7) is 2.17. The van der Waals surface area contributed by atoms with Crippen LogP contribution in [-0.2, 0) is 0 Å². The van der Waals surface area contributed by atoms with Crippen LogP contribution in [0.2, 0.25) is 10.2 Å². The maximum Gasteiger partial charge on any atom is 0.129 e. The molecule has 1 aliphatic rings. The smallest absolute Gasteiger partial charge is 0.129 e. The van der Waals surface area contributed by atoms with Crippen LogP contribution in [0.15, 0.2) is 47.7 Å².